The van der Waals surface area contributed by atoms with Gasteiger partial charge in [0.2, 0.25) is 0 Å². The molecule has 0 aliphatic heterocycles. The predicted molar refractivity (Wildman–Crippen MR) is 65.4 cm³/mol. The van der Waals surface area contributed by atoms with E-state index in [9.17, 15) is 0 Å². The molecule has 4 heteroatoms. The maximum absolute atomic E-state index is 5.09. The van der Waals surface area contributed by atoms with E-state index < -0.39 is 0 Å². The largest absolute Gasteiger partial charge is 0.385 e. The summed E-state index contributed by atoms with van der Waals surface area (Å²) in [6.07, 6.45) is 7.35. The highest BCUT2D eigenvalue weighted by molar-refractivity contribution is 5.10. The van der Waals surface area contributed by atoms with Gasteiger partial charge in [0.1, 0.15) is 0 Å². The number of hydrogen-bond donors (Lipinski definition) is 1. The zero-order valence-electron chi connectivity index (χ0n) is 10.6. The molecule has 0 amide bonds. The van der Waals surface area contributed by atoms with E-state index >= 15 is 0 Å². The molecule has 1 aromatic heterocycles. The van der Waals surface area contributed by atoms with Crippen molar-refractivity contribution in [2.75, 3.05) is 20.3 Å². The highest BCUT2D eigenvalue weighted by Gasteiger charge is 2.11. The average molecular weight is 225 g/mol. The fourth-order valence-corrected chi connectivity index (χ4v) is 1.76. The number of aromatic nitrogens is 2. The van der Waals surface area contributed by atoms with E-state index in [0.717, 1.165) is 32.4 Å². The summed E-state index contributed by atoms with van der Waals surface area (Å²) < 4.78 is 6.94. The summed E-state index contributed by atoms with van der Waals surface area (Å²) in [5.41, 5.74) is 1.27. The fourth-order valence-electron chi connectivity index (χ4n) is 1.76. The second-order valence-electron chi connectivity index (χ2n) is 4.09. The normalized spacial score (nSPS) is 12.9. The van der Waals surface area contributed by atoms with Crippen molar-refractivity contribution in [3.05, 3.63) is 18.0 Å². The van der Waals surface area contributed by atoms with E-state index in [2.05, 4.69) is 23.5 Å². The summed E-state index contributed by atoms with van der Waals surface area (Å²) in [6.45, 7) is 4.06. The van der Waals surface area contributed by atoms with E-state index in [1.54, 1.807) is 7.11 Å². The van der Waals surface area contributed by atoms with Crippen molar-refractivity contribution in [3.8, 4) is 0 Å². The minimum Gasteiger partial charge on any atom is -0.385 e. The van der Waals surface area contributed by atoms with Crippen molar-refractivity contribution in [1.29, 1.82) is 0 Å². The molecule has 0 bridgehead atoms. The van der Waals surface area contributed by atoms with Gasteiger partial charge in [0.25, 0.3) is 0 Å². The first-order valence-corrected chi connectivity index (χ1v) is 5.98. The van der Waals surface area contributed by atoms with Crippen molar-refractivity contribution in [2.45, 2.75) is 32.2 Å². The zero-order valence-corrected chi connectivity index (χ0v) is 10.6. The lowest BCUT2D eigenvalue weighted by Gasteiger charge is -2.16. The molecule has 0 aromatic carbocycles. The van der Waals surface area contributed by atoms with Crippen LogP contribution in [-0.2, 0) is 11.8 Å². The Morgan fingerprint density at radius 3 is 2.94 bits per heavy atom. The van der Waals surface area contributed by atoms with E-state index in [0.29, 0.717) is 6.04 Å². The van der Waals surface area contributed by atoms with Crippen molar-refractivity contribution < 1.29 is 4.74 Å². The van der Waals surface area contributed by atoms with E-state index in [1.165, 1.54) is 5.56 Å². The highest BCUT2D eigenvalue weighted by atomic mass is 16.5. The van der Waals surface area contributed by atoms with Crippen LogP contribution in [0.15, 0.2) is 12.4 Å². The van der Waals surface area contributed by atoms with Gasteiger partial charge in [-0.25, -0.2) is 0 Å². The zero-order chi connectivity index (χ0) is 11.8. The summed E-state index contributed by atoms with van der Waals surface area (Å²) in [7, 11) is 3.70. The van der Waals surface area contributed by atoms with Crippen LogP contribution in [0.1, 0.15) is 37.8 Å². The number of methoxy groups -OCH3 is 1. The first-order chi connectivity index (χ1) is 7.77. The number of nitrogens with one attached hydrogen (secondary N) is 1. The van der Waals surface area contributed by atoms with Gasteiger partial charge in [-0.15, -0.1) is 0 Å². The molecule has 16 heavy (non-hydrogen) atoms. The number of nitrogens with zero attached hydrogens (tertiary/aromatic N) is 2. The Bertz CT molecular complexity index is 286. The quantitative estimate of drug-likeness (QED) is 0.687. The lowest BCUT2D eigenvalue weighted by atomic mass is 10.1. The third kappa shape index (κ3) is 4.33. The Hall–Kier alpha value is -0.870. The van der Waals surface area contributed by atoms with E-state index in [1.807, 2.05) is 17.9 Å². The smallest absolute Gasteiger partial charge is 0.0537 e. The minimum absolute atomic E-state index is 0.406. The van der Waals surface area contributed by atoms with Gasteiger partial charge in [-0.05, 0) is 25.8 Å². The molecule has 0 fully saturated rings. The lowest BCUT2D eigenvalue weighted by molar-refractivity contribution is 0.188. The van der Waals surface area contributed by atoms with E-state index in [-0.39, 0.29) is 0 Å². The Kier molecular flexibility index (Phi) is 6.11. The molecule has 0 aliphatic rings. The lowest BCUT2D eigenvalue weighted by Crippen LogP contribution is -2.22. The molecule has 92 valence electrons. The van der Waals surface area contributed by atoms with Gasteiger partial charge in [-0.2, -0.15) is 5.10 Å². The number of hydrogen-bond acceptors (Lipinski definition) is 3. The van der Waals surface area contributed by atoms with Crippen LogP contribution >= 0.6 is 0 Å². The van der Waals surface area contributed by atoms with Crippen LogP contribution in [0.25, 0.3) is 0 Å². The molecule has 0 saturated heterocycles. The Morgan fingerprint density at radius 1 is 1.56 bits per heavy atom. The fraction of sp³-hybridized carbons (Fsp3) is 0.750. The summed E-state index contributed by atoms with van der Waals surface area (Å²) >= 11 is 0. The van der Waals surface area contributed by atoms with Crippen LogP contribution in [0.2, 0.25) is 0 Å². The molecule has 0 saturated carbocycles. The Labute approximate surface area is 98.0 Å². The minimum atomic E-state index is 0.406. The highest BCUT2D eigenvalue weighted by Crippen LogP contribution is 2.17. The molecule has 4 nitrogen and oxygen atoms in total. The second-order valence-corrected chi connectivity index (χ2v) is 4.09. The Balaban J connectivity index is 2.49. The predicted octanol–water partition coefficient (Wildman–Crippen LogP) is 1.89. The Morgan fingerprint density at radius 2 is 2.38 bits per heavy atom. The van der Waals surface area contributed by atoms with Crippen LogP contribution in [0, 0.1) is 0 Å². The summed E-state index contributed by atoms with van der Waals surface area (Å²) in [4.78, 5) is 0. The number of aryl methyl sites for hydroxylation is 1. The molecule has 1 unspecified atom stereocenters. The molecule has 1 heterocycles. The summed E-state index contributed by atoms with van der Waals surface area (Å²) in [6, 6.07) is 0.406. The van der Waals surface area contributed by atoms with Crippen LogP contribution in [0.4, 0.5) is 0 Å². The summed E-state index contributed by atoms with van der Waals surface area (Å²) in [5.74, 6) is 0. The van der Waals surface area contributed by atoms with Crippen molar-refractivity contribution >= 4 is 0 Å². The SMILES string of the molecule is CCCNC(CCCOC)c1cnn(C)c1. The van der Waals surface area contributed by atoms with Crippen LogP contribution < -0.4 is 5.32 Å². The number of ether oxygens (including phenoxy) is 1. The third-order valence-electron chi connectivity index (χ3n) is 2.61. The molecular formula is C12H23N3O. The molecule has 1 atom stereocenters. The standard InChI is InChI=1S/C12H23N3O/c1-4-7-13-12(6-5-8-16-3)11-9-14-15(2)10-11/h9-10,12-13H,4-8H2,1-3H3. The van der Waals surface area contributed by atoms with Gasteiger partial charge >= 0.3 is 0 Å². The van der Waals surface area contributed by atoms with Crippen LogP contribution in [0.5, 0.6) is 0 Å². The first kappa shape index (κ1) is 13.2. The third-order valence-corrected chi connectivity index (χ3v) is 2.61. The molecule has 1 N–H and O–H groups in total. The molecule has 1 aromatic rings. The summed E-state index contributed by atoms with van der Waals surface area (Å²) in [5, 5.41) is 7.77. The van der Waals surface area contributed by atoms with Crippen molar-refractivity contribution in [1.82, 2.24) is 15.1 Å². The van der Waals surface area contributed by atoms with Gasteiger partial charge in [-0.1, -0.05) is 6.92 Å². The van der Waals surface area contributed by atoms with Gasteiger partial charge in [0.15, 0.2) is 0 Å². The van der Waals surface area contributed by atoms with Crippen LogP contribution in [0.3, 0.4) is 0 Å². The van der Waals surface area contributed by atoms with Gasteiger partial charge in [0, 0.05) is 38.6 Å². The van der Waals surface area contributed by atoms with Gasteiger partial charge in [-0.3, -0.25) is 4.68 Å². The monoisotopic (exact) mass is 225 g/mol. The molecule has 1 rings (SSSR count). The number of rotatable bonds is 8. The van der Waals surface area contributed by atoms with Crippen molar-refractivity contribution in [2.24, 2.45) is 7.05 Å². The maximum atomic E-state index is 5.09. The second kappa shape index (κ2) is 7.41. The first-order valence-electron chi connectivity index (χ1n) is 5.98. The van der Waals surface area contributed by atoms with E-state index in [4.69, 9.17) is 4.74 Å². The van der Waals surface area contributed by atoms with Crippen molar-refractivity contribution in [3.63, 3.8) is 0 Å². The molecule has 0 aliphatic carbocycles. The maximum Gasteiger partial charge on any atom is 0.0537 e. The topological polar surface area (TPSA) is 39.1 Å². The van der Waals surface area contributed by atoms with Crippen LogP contribution in [-0.4, -0.2) is 30.0 Å². The molecule has 0 spiro atoms. The molecule has 0 radical (unpaired) electrons. The average Bonchev–Trinajstić information content (AvgIpc) is 2.70. The van der Waals surface area contributed by atoms with Gasteiger partial charge in [0.05, 0.1) is 6.20 Å². The molecular weight excluding hydrogens is 202 g/mol. The van der Waals surface area contributed by atoms with Gasteiger partial charge < -0.3 is 10.1 Å².